The van der Waals surface area contributed by atoms with Gasteiger partial charge in [-0.05, 0) is 30.6 Å². The normalized spacial score (nSPS) is 12.0. The Kier molecular flexibility index (Phi) is 5.04. The number of amides is 1. The third-order valence-corrected chi connectivity index (χ3v) is 3.36. The van der Waals surface area contributed by atoms with Crippen molar-refractivity contribution in [3.8, 4) is 11.5 Å². The second kappa shape index (κ2) is 6.98. The van der Waals surface area contributed by atoms with Crippen LogP contribution in [0.2, 0.25) is 0 Å². The molecule has 0 saturated carbocycles. The molecule has 21 heavy (non-hydrogen) atoms. The van der Waals surface area contributed by atoms with E-state index in [0.717, 1.165) is 0 Å². The zero-order chi connectivity index (χ0) is 15.2. The Morgan fingerprint density at radius 3 is 2.90 bits per heavy atom. The first-order valence-corrected chi connectivity index (χ1v) is 7.54. The van der Waals surface area contributed by atoms with Gasteiger partial charge in [-0.1, -0.05) is 5.16 Å². The third kappa shape index (κ3) is 3.88. The molecule has 0 aromatic carbocycles. The first-order chi connectivity index (χ1) is 10.1. The molecular weight excluding hydrogens is 296 g/mol. The molecule has 7 nitrogen and oxygen atoms in total. The molecule has 0 aliphatic carbocycles. The number of carbonyl (C=O) groups is 2. The topological polar surface area (TPSA) is 106 Å². The summed E-state index contributed by atoms with van der Waals surface area (Å²) in [5.41, 5.74) is 0.0109. The smallest absolute Gasteiger partial charge is 0.326 e. The average Bonchev–Trinajstić information content (AvgIpc) is 3.12. The molecule has 2 N–H and O–H groups in total. The van der Waals surface area contributed by atoms with E-state index in [1.54, 1.807) is 12.1 Å². The summed E-state index contributed by atoms with van der Waals surface area (Å²) in [4.78, 5) is 23.1. The predicted molar refractivity (Wildman–Crippen MR) is 76.1 cm³/mol. The lowest BCUT2D eigenvalue weighted by Crippen LogP contribution is -2.41. The van der Waals surface area contributed by atoms with Gasteiger partial charge in [0, 0.05) is 6.07 Å². The van der Waals surface area contributed by atoms with Crippen LogP contribution in [0.3, 0.4) is 0 Å². The number of carboxylic acid groups (broad SMARTS) is 1. The van der Waals surface area contributed by atoms with E-state index in [1.165, 1.54) is 24.1 Å². The van der Waals surface area contributed by atoms with E-state index in [9.17, 15) is 9.59 Å². The van der Waals surface area contributed by atoms with Crippen molar-refractivity contribution in [2.45, 2.75) is 12.5 Å². The molecule has 1 atom stereocenters. The molecule has 0 spiro atoms. The maximum absolute atomic E-state index is 12.0. The van der Waals surface area contributed by atoms with Gasteiger partial charge in [-0.15, -0.1) is 0 Å². The van der Waals surface area contributed by atoms with Crippen molar-refractivity contribution in [3.05, 3.63) is 30.2 Å². The number of nitrogens with zero attached hydrogens (tertiary/aromatic N) is 1. The molecule has 0 saturated heterocycles. The highest BCUT2D eigenvalue weighted by Crippen LogP contribution is 2.20. The Morgan fingerprint density at radius 2 is 2.29 bits per heavy atom. The summed E-state index contributed by atoms with van der Waals surface area (Å²) in [5, 5.41) is 15.1. The monoisotopic (exact) mass is 310 g/mol. The van der Waals surface area contributed by atoms with E-state index >= 15 is 0 Å². The SMILES string of the molecule is CSCCC(NC(=O)c1cc(-c2ccco2)on1)C(=O)O. The first-order valence-electron chi connectivity index (χ1n) is 6.15. The highest BCUT2D eigenvalue weighted by Gasteiger charge is 2.22. The van der Waals surface area contributed by atoms with Crippen LogP contribution in [-0.2, 0) is 4.79 Å². The summed E-state index contributed by atoms with van der Waals surface area (Å²) < 4.78 is 10.1. The van der Waals surface area contributed by atoms with Gasteiger partial charge in [0.25, 0.3) is 5.91 Å². The van der Waals surface area contributed by atoms with Gasteiger partial charge in [-0.25, -0.2) is 4.79 Å². The van der Waals surface area contributed by atoms with Gasteiger partial charge >= 0.3 is 5.97 Å². The fraction of sp³-hybridized carbons (Fsp3) is 0.308. The maximum atomic E-state index is 12.0. The van der Waals surface area contributed by atoms with Gasteiger partial charge in [-0.3, -0.25) is 4.79 Å². The molecule has 2 heterocycles. The van der Waals surface area contributed by atoms with Crippen LogP contribution in [0.4, 0.5) is 0 Å². The molecule has 0 fully saturated rings. The number of carbonyl (C=O) groups excluding carboxylic acids is 1. The second-order valence-corrected chi connectivity index (χ2v) is 5.19. The highest BCUT2D eigenvalue weighted by atomic mass is 32.2. The summed E-state index contributed by atoms with van der Waals surface area (Å²) in [7, 11) is 0. The van der Waals surface area contributed by atoms with E-state index in [0.29, 0.717) is 23.7 Å². The summed E-state index contributed by atoms with van der Waals surface area (Å²) >= 11 is 1.51. The second-order valence-electron chi connectivity index (χ2n) is 4.20. The molecular formula is C13H14N2O5S. The lowest BCUT2D eigenvalue weighted by molar-refractivity contribution is -0.139. The molecule has 2 aromatic rings. The van der Waals surface area contributed by atoms with Crippen LogP contribution >= 0.6 is 11.8 Å². The Morgan fingerprint density at radius 1 is 1.48 bits per heavy atom. The van der Waals surface area contributed by atoms with Crippen molar-refractivity contribution < 1.29 is 23.6 Å². The van der Waals surface area contributed by atoms with Gasteiger partial charge in [0.05, 0.1) is 6.26 Å². The lowest BCUT2D eigenvalue weighted by atomic mass is 10.2. The average molecular weight is 310 g/mol. The summed E-state index contributed by atoms with van der Waals surface area (Å²) in [5.74, 6) is -0.287. The molecule has 112 valence electrons. The predicted octanol–water partition coefficient (Wildman–Crippen LogP) is 1.87. The Bertz CT molecular complexity index is 608. The van der Waals surface area contributed by atoms with Gasteiger partial charge < -0.3 is 19.4 Å². The number of aromatic nitrogens is 1. The minimum absolute atomic E-state index is 0.0109. The van der Waals surface area contributed by atoms with Crippen LogP contribution in [0.15, 0.2) is 33.4 Å². The molecule has 2 aromatic heterocycles. The van der Waals surface area contributed by atoms with Gasteiger partial charge in [0.15, 0.2) is 11.5 Å². The van der Waals surface area contributed by atoms with Crippen molar-refractivity contribution in [3.63, 3.8) is 0 Å². The van der Waals surface area contributed by atoms with Crippen LogP contribution in [0.1, 0.15) is 16.9 Å². The van der Waals surface area contributed by atoms with E-state index in [-0.39, 0.29) is 5.69 Å². The number of carboxylic acids is 1. The number of hydrogen-bond acceptors (Lipinski definition) is 6. The number of furan rings is 1. The van der Waals surface area contributed by atoms with Crippen molar-refractivity contribution >= 4 is 23.6 Å². The molecule has 8 heteroatoms. The van der Waals surface area contributed by atoms with Crippen molar-refractivity contribution in [2.75, 3.05) is 12.0 Å². The van der Waals surface area contributed by atoms with E-state index in [4.69, 9.17) is 14.0 Å². The van der Waals surface area contributed by atoms with Crippen LogP contribution in [0.5, 0.6) is 0 Å². The van der Waals surface area contributed by atoms with E-state index in [1.807, 2.05) is 6.26 Å². The molecule has 1 amide bonds. The highest BCUT2D eigenvalue weighted by molar-refractivity contribution is 7.98. The molecule has 0 aliphatic rings. The first kappa shape index (κ1) is 15.2. The number of hydrogen-bond donors (Lipinski definition) is 2. The quantitative estimate of drug-likeness (QED) is 0.804. The molecule has 1 unspecified atom stereocenters. The van der Waals surface area contributed by atoms with Gasteiger partial charge in [0.1, 0.15) is 6.04 Å². The van der Waals surface area contributed by atoms with Crippen molar-refractivity contribution in [2.24, 2.45) is 0 Å². The van der Waals surface area contributed by atoms with Crippen molar-refractivity contribution in [1.82, 2.24) is 10.5 Å². The Labute approximate surface area is 124 Å². The Hall–Kier alpha value is -2.22. The summed E-state index contributed by atoms with van der Waals surface area (Å²) in [6.45, 7) is 0. The number of rotatable bonds is 7. The largest absolute Gasteiger partial charge is 0.480 e. The number of aliphatic carboxylic acids is 1. The van der Waals surface area contributed by atoms with Gasteiger partial charge in [-0.2, -0.15) is 11.8 Å². The van der Waals surface area contributed by atoms with Crippen molar-refractivity contribution in [1.29, 1.82) is 0 Å². The number of nitrogens with one attached hydrogen (secondary N) is 1. The molecule has 0 radical (unpaired) electrons. The summed E-state index contributed by atoms with van der Waals surface area (Å²) in [6.07, 6.45) is 3.68. The zero-order valence-electron chi connectivity index (χ0n) is 11.2. The van der Waals surface area contributed by atoms with Crippen LogP contribution in [0, 0.1) is 0 Å². The third-order valence-electron chi connectivity index (χ3n) is 2.72. The van der Waals surface area contributed by atoms with E-state index < -0.39 is 17.9 Å². The molecule has 2 rings (SSSR count). The molecule has 0 bridgehead atoms. The Balaban J connectivity index is 2.04. The molecule has 0 aliphatic heterocycles. The fourth-order valence-electron chi connectivity index (χ4n) is 1.64. The zero-order valence-corrected chi connectivity index (χ0v) is 12.1. The lowest BCUT2D eigenvalue weighted by Gasteiger charge is -2.12. The minimum Gasteiger partial charge on any atom is -0.480 e. The summed E-state index contributed by atoms with van der Waals surface area (Å²) in [6, 6.07) is 3.80. The standard InChI is InChI=1S/C13H14N2O5S/c1-21-6-4-8(13(17)18)14-12(16)9-7-11(20-15-9)10-3-2-5-19-10/h2-3,5,7-8H,4,6H2,1H3,(H,14,16)(H,17,18). The van der Waals surface area contributed by atoms with Crippen LogP contribution in [-0.4, -0.2) is 40.2 Å². The van der Waals surface area contributed by atoms with E-state index in [2.05, 4.69) is 10.5 Å². The fourth-order valence-corrected chi connectivity index (χ4v) is 2.11. The van der Waals surface area contributed by atoms with Crippen LogP contribution < -0.4 is 5.32 Å². The minimum atomic E-state index is -1.08. The van der Waals surface area contributed by atoms with Gasteiger partial charge in [0.2, 0.25) is 5.76 Å². The maximum Gasteiger partial charge on any atom is 0.326 e. The van der Waals surface area contributed by atoms with Crippen LogP contribution in [0.25, 0.3) is 11.5 Å². The number of thioether (sulfide) groups is 1.